The molecule has 0 aromatic carbocycles. The Labute approximate surface area is 54.0 Å². The molecular formula is C5H10NOS. The Balaban J connectivity index is 3.24. The van der Waals surface area contributed by atoms with Crippen LogP contribution in [-0.2, 0) is 4.79 Å². The minimum absolute atomic E-state index is 0.118. The number of nitrogens with zero attached hydrogens (tertiary/aromatic N) is 1. The van der Waals surface area contributed by atoms with E-state index in [9.17, 15) is 4.79 Å². The van der Waals surface area contributed by atoms with Crippen LogP contribution in [0.5, 0.6) is 0 Å². The lowest BCUT2D eigenvalue weighted by molar-refractivity contribution is -0.109. The highest BCUT2D eigenvalue weighted by molar-refractivity contribution is 8.14. The van der Waals surface area contributed by atoms with Gasteiger partial charge >= 0.3 is 0 Å². The summed E-state index contributed by atoms with van der Waals surface area (Å²) in [5.74, 6) is 0. The van der Waals surface area contributed by atoms with Crippen LogP contribution in [0.25, 0.3) is 0 Å². The first-order valence-corrected chi connectivity index (χ1v) is 3.31. The summed E-state index contributed by atoms with van der Waals surface area (Å²) < 4.78 is 0. The third kappa shape index (κ3) is 4.15. The van der Waals surface area contributed by atoms with Crippen LogP contribution < -0.4 is 5.32 Å². The van der Waals surface area contributed by atoms with Gasteiger partial charge in [0.1, 0.15) is 0 Å². The van der Waals surface area contributed by atoms with E-state index in [0.29, 0.717) is 0 Å². The minimum atomic E-state index is 0.118. The Hall–Kier alpha value is -0.0200. The van der Waals surface area contributed by atoms with Crippen molar-refractivity contribution in [2.45, 2.75) is 19.2 Å². The van der Waals surface area contributed by atoms with Crippen molar-refractivity contribution < 1.29 is 4.79 Å². The van der Waals surface area contributed by atoms with Crippen molar-refractivity contribution in [3.05, 3.63) is 0 Å². The molecule has 2 nitrogen and oxygen atoms in total. The van der Waals surface area contributed by atoms with E-state index in [1.807, 2.05) is 6.92 Å². The first-order valence-electron chi connectivity index (χ1n) is 2.43. The summed E-state index contributed by atoms with van der Waals surface area (Å²) in [6, 6.07) is 0. The van der Waals surface area contributed by atoms with E-state index in [1.165, 1.54) is 11.8 Å². The molecule has 0 aliphatic heterocycles. The van der Waals surface area contributed by atoms with Gasteiger partial charge in [0.25, 0.3) is 0 Å². The normalized spacial score (nSPS) is 13.4. The van der Waals surface area contributed by atoms with E-state index in [-0.39, 0.29) is 10.5 Å². The fourth-order valence-electron chi connectivity index (χ4n) is 0.293. The van der Waals surface area contributed by atoms with Crippen molar-refractivity contribution >= 4 is 16.9 Å². The maximum Gasteiger partial charge on any atom is 0.187 e. The molecule has 0 bridgehead atoms. The summed E-state index contributed by atoms with van der Waals surface area (Å²) in [6.45, 7) is 3.44. The predicted molar refractivity (Wildman–Crippen MR) is 35.8 cm³/mol. The highest BCUT2D eigenvalue weighted by Crippen LogP contribution is 2.07. The monoisotopic (exact) mass is 132 g/mol. The maximum atomic E-state index is 10.3. The summed E-state index contributed by atoms with van der Waals surface area (Å²) >= 11 is 1.25. The molecule has 0 saturated heterocycles. The molecule has 0 aromatic rings. The van der Waals surface area contributed by atoms with Gasteiger partial charge in [-0.2, -0.15) is 0 Å². The van der Waals surface area contributed by atoms with E-state index >= 15 is 0 Å². The Bertz CT molecular complexity index is 84.5. The Morgan fingerprint density at radius 2 is 2.25 bits per heavy atom. The molecule has 0 aliphatic rings. The van der Waals surface area contributed by atoms with Crippen molar-refractivity contribution in [2.24, 2.45) is 0 Å². The van der Waals surface area contributed by atoms with Gasteiger partial charge in [0, 0.05) is 14.0 Å². The van der Waals surface area contributed by atoms with Crippen LogP contribution in [0.4, 0.5) is 0 Å². The van der Waals surface area contributed by atoms with Gasteiger partial charge in [0.15, 0.2) is 5.12 Å². The molecule has 47 valence electrons. The van der Waals surface area contributed by atoms with E-state index in [0.717, 1.165) is 0 Å². The fraction of sp³-hybridized carbons (Fsp3) is 0.800. The van der Waals surface area contributed by atoms with Gasteiger partial charge in [-0.3, -0.25) is 4.79 Å². The van der Waals surface area contributed by atoms with Crippen LogP contribution in [0, 0.1) is 0 Å². The number of thioether (sulfide) groups is 1. The molecule has 1 radical (unpaired) electrons. The molecule has 0 saturated carbocycles. The first-order chi connectivity index (χ1) is 3.66. The van der Waals surface area contributed by atoms with Gasteiger partial charge in [-0.05, 0) is 6.92 Å². The molecule has 0 aromatic heterocycles. The molecule has 0 rings (SSSR count). The summed E-state index contributed by atoms with van der Waals surface area (Å²) in [7, 11) is 1.71. The Morgan fingerprint density at radius 3 is 2.38 bits per heavy atom. The molecule has 0 N–H and O–H groups in total. The van der Waals surface area contributed by atoms with Crippen molar-refractivity contribution in [1.29, 1.82) is 0 Å². The van der Waals surface area contributed by atoms with Crippen molar-refractivity contribution in [3.63, 3.8) is 0 Å². The lowest BCUT2D eigenvalue weighted by Crippen LogP contribution is -2.10. The van der Waals surface area contributed by atoms with Crippen LogP contribution in [-0.4, -0.2) is 17.5 Å². The standard InChI is InChI=1S/C5H10NOS/c1-4(6-3)8-5(2)7/h4H,1-3H3. The first kappa shape index (κ1) is 7.98. The zero-order valence-electron chi connectivity index (χ0n) is 5.34. The summed E-state index contributed by atoms with van der Waals surface area (Å²) in [4.78, 5) is 10.3. The lowest BCUT2D eigenvalue weighted by Gasteiger charge is -2.01. The fourth-order valence-corrected chi connectivity index (χ4v) is 0.879. The van der Waals surface area contributed by atoms with Gasteiger partial charge in [0.05, 0.1) is 5.37 Å². The number of hydrogen-bond acceptors (Lipinski definition) is 2. The topological polar surface area (TPSA) is 31.2 Å². The molecule has 0 aliphatic carbocycles. The molecule has 0 heterocycles. The van der Waals surface area contributed by atoms with Crippen LogP contribution in [0.15, 0.2) is 0 Å². The molecule has 1 atom stereocenters. The predicted octanol–water partition coefficient (Wildman–Crippen LogP) is 0.846. The highest BCUT2D eigenvalue weighted by atomic mass is 32.2. The zero-order chi connectivity index (χ0) is 6.57. The van der Waals surface area contributed by atoms with Crippen LogP contribution in [0.2, 0.25) is 0 Å². The molecule has 1 unspecified atom stereocenters. The van der Waals surface area contributed by atoms with Gasteiger partial charge in [0.2, 0.25) is 0 Å². The maximum absolute atomic E-state index is 10.3. The quantitative estimate of drug-likeness (QED) is 0.557. The second-order valence-corrected chi connectivity index (χ2v) is 2.96. The number of carbonyl (C=O) groups is 1. The van der Waals surface area contributed by atoms with E-state index in [2.05, 4.69) is 5.32 Å². The van der Waals surface area contributed by atoms with Crippen molar-refractivity contribution in [2.75, 3.05) is 7.05 Å². The molecule has 0 amide bonds. The van der Waals surface area contributed by atoms with E-state index in [1.54, 1.807) is 14.0 Å². The zero-order valence-corrected chi connectivity index (χ0v) is 6.16. The Morgan fingerprint density at radius 1 is 1.75 bits per heavy atom. The van der Waals surface area contributed by atoms with Crippen LogP contribution in [0.3, 0.4) is 0 Å². The van der Waals surface area contributed by atoms with E-state index < -0.39 is 0 Å². The number of carbonyl (C=O) groups excluding carboxylic acids is 1. The third-order valence-corrected chi connectivity index (χ3v) is 1.58. The summed E-state index contributed by atoms with van der Waals surface area (Å²) in [5.41, 5.74) is 0. The molecule has 0 fully saturated rings. The molecular weight excluding hydrogens is 122 g/mol. The average Bonchev–Trinajstić information content (AvgIpc) is 1.65. The van der Waals surface area contributed by atoms with E-state index in [4.69, 9.17) is 0 Å². The lowest BCUT2D eigenvalue weighted by atomic mass is 10.8. The molecule has 8 heavy (non-hydrogen) atoms. The van der Waals surface area contributed by atoms with Crippen molar-refractivity contribution in [3.8, 4) is 0 Å². The van der Waals surface area contributed by atoms with Gasteiger partial charge < -0.3 is 0 Å². The highest BCUT2D eigenvalue weighted by Gasteiger charge is 2.01. The number of rotatable bonds is 2. The van der Waals surface area contributed by atoms with Gasteiger partial charge in [-0.1, -0.05) is 11.8 Å². The smallest absolute Gasteiger partial charge is 0.187 e. The molecule has 3 heteroatoms. The SMILES string of the molecule is C[N]C(C)SC(C)=O. The summed E-state index contributed by atoms with van der Waals surface area (Å²) in [5, 5.41) is 4.12. The average molecular weight is 132 g/mol. The van der Waals surface area contributed by atoms with Crippen LogP contribution in [0.1, 0.15) is 13.8 Å². The Kier molecular flexibility index (Phi) is 3.91. The van der Waals surface area contributed by atoms with Crippen LogP contribution >= 0.6 is 11.8 Å². The third-order valence-electron chi connectivity index (χ3n) is 0.700. The largest absolute Gasteiger partial charge is 0.287 e. The second kappa shape index (κ2) is 3.92. The second-order valence-electron chi connectivity index (χ2n) is 1.47. The summed E-state index contributed by atoms with van der Waals surface area (Å²) in [6.07, 6.45) is 0. The minimum Gasteiger partial charge on any atom is -0.287 e. The van der Waals surface area contributed by atoms with Gasteiger partial charge in [-0.15, -0.1) is 0 Å². The number of hydrogen-bond donors (Lipinski definition) is 0. The van der Waals surface area contributed by atoms with Gasteiger partial charge in [-0.25, -0.2) is 5.32 Å². The molecule has 0 spiro atoms. The van der Waals surface area contributed by atoms with Crippen molar-refractivity contribution in [1.82, 2.24) is 5.32 Å².